The van der Waals surface area contributed by atoms with Crippen molar-refractivity contribution in [3.8, 4) is 0 Å². The lowest BCUT2D eigenvalue weighted by Gasteiger charge is -2.10. The van der Waals surface area contributed by atoms with E-state index in [2.05, 4.69) is 0 Å². The van der Waals surface area contributed by atoms with Crippen LogP contribution in [0.3, 0.4) is 0 Å². The van der Waals surface area contributed by atoms with Gasteiger partial charge in [0.25, 0.3) is 11.4 Å². The second-order valence-electron chi connectivity index (χ2n) is 3.94. The van der Waals surface area contributed by atoms with E-state index in [1.165, 1.54) is 6.07 Å². The maximum Gasteiger partial charge on any atom is 0.298 e. The minimum atomic E-state index is -0.708. The van der Waals surface area contributed by atoms with Gasteiger partial charge >= 0.3 is 0 Å². The SMILES string of the molecule is Cc1c(C(C)C)cc([N+](=O)[O-])c(Cl)c1[N+](=O)[O-]. The molecule has 0 bridgehead atoms. The summed E-state index contributed by atoms with van der Waals surface area (Å²) >= 11 is 5.70. The van der Waals surface area contributed by atoms with Crippen molar-refractivity contribution in [1.82, 2.24) is 0 Å². The molecule has 0 amide bonds. The third-order valence-electron chi connectivity index (χ3n) is 2.51. The molecule has 1 rings (SSSR count). The van der Waals surface area contributed by atoms with Crippen molar-refractivity contribution < 1.29 is 9.85 Å². The highest BCUT2D eigenvalue weighted by Crippen LogP contribution is 2.40. The molecule has 6 nitrogen and oxygen atoms in total. The van der Waals surface area contributed by atoms with Crippen LogP contribution in [0.2, 0.25) is 5.02 Å². The van der Waals surface area contributed by atoms with Gasteiger partial charge in [0.15, 0.2) is 5.02 Å². The molecule has 0 aromatic heterocycles. The van der Waals surface area contributed by atoms with Gasteiger partial charge in [-0.05, 0) is 18.4 Å². The highest BCUT2D eigenvalue weighted by Gasteiger charge is 2.29. The van der Waals surface area contributed by atoms with E-state index < -0.39 is 20.6 Å². The van der Waals surface area contributed by atoms with Crippen LogP contribution in [0.5, 0.6) is 0 Å². The van der Waals surface area contributed by atoms with Crippen LogP contribution in [0.1, 0.15) is 30.9 Å². The van der Waals surface area contributed by atoms with Crippen LogP contribution in [0.25, 0.3) is 0 Å². The van der Waals surface area contributed by atoms with Gasteiger partial charge in [-0.2, -0.15) is 0 Å². The summed E-state index contributed by atoms with van der Waals surface area (Å²) in [4.78, 5) is 20.3. The number of hydrogen-bond donors (Lipinski definition) is 0. The van der Waals surface area contributed by atoms with Crippen molar-refractivity contribution in [2.45, 2.75) is 26.7 Å². The number of nitro benzene ring substituents is 2. The van der Waals surface area contributed by atoms with E-state index >= 15 is 0 Å². The van der Waals surface area contributed by atoms with Crippen LogP contribution >= 0.6 is 11.6 Å². The van der Waals surface area contributed by atoms with Gasteiger partial charge in [-0.25, -0.2) is 0 Å². The van der Waals surface area contributed by atoms with Crippen molar-refractivity contribution in [3.63, 3.8) is 0 Å². The first-order valence-electron chi connectivity index (χ1n) is 4.89. The Labute approximate surface area is 103 Å². The summed E-state index contributed by atoms with van der Waals surface area (Å²) in [5.41, 5.74) is 0.130. The van der Waals surface area contributed by atoms with E-state index in [-0.39, 0.29) is 11.6 Å². The van der Waals surface area contributed by atoms with Gasteiger partial charge in [0, 0.05) is 11.6 Å². The Hall–Kier alpha value is -1.69. The van der Waals surface area contributed by atoms with Crippen molar-refractivity contribution in [1.29, 1.82) is 0 Å². The molecule has 92 valence electrons. The van der Waals surface area contributed by atoms with E-state index in [0.29, 0.717) is 11.1 Å². The van der Waals surface area contributed by atoms with Crippen molar-refractivity contribution >= 4 is 23.0 Å². The van der Waals surface area contributed by atoms with E-state index in [1.54, 1.807) is 6.92 Å². The molecule has 0 fully saturated rings. The standard InChI is InChI=1S/C10H11ClN2O4/c1-5(2)7-4-8(12(14)15)9(11)10(6(7)3)13(16)17/h4-5H,1-3H3. The van der Waals surface area contributed by atoms with Crippen LogP contribution in [0.4, 0.5) is 11.4 Å². The predicted molar refractivity (Wildman–Crippen MR) is 63.6 cm³/mol. The molecule has 17 heavy (non-hydrogen) atoms. The zero-order valence-electron chi connectivity index (χ0n) is 9.56. The molecule has 0 radical (unpaired) electrons. The zero-order valence-corrected chi connectivity index (χ0v) is 10.3. The molecule has 0 aliphatic carbocycles. The van der Waals surface area contributed by atoms with Crippen LogP contribution < -0.4 is 0 Å². The maximum absolute atomic E-state index is 10.9. The largest absolute Gasteiger partial charge is 0.298 e. The van der Waals surface area contributed by atoms with Crippen molar-refractivity contribution in [2.75, 3.05) is 0 Å². The average molecular weight is 259 g/mol. The van der Waals surface area contributed by atoms with E-state index in [9.17, 15) is 20.2 Å². The fraction of sp³-hybridized carbons (Fsp3) is 0.400. The van der Waals surface area contributed by atoms with Crippen molar-refractivity contribution in [2.24, 2.45) is 0 Å². The Balaban J connectivity index is 3.69. The summed E-state index contributed by atoms with van der Waals surface area (Å²) in [7, 11) is 0. The molecular formula is C10H11ClN2O4. The minimum absolute atomic E-state index is 0.0512. The molecule has 0 spiro atoms. The van der Waals surface area contributed by atoms with Crippen LogP contribution in [-0.2, 0) is 0 Å². The number of nitro groups is 2. The third kappa shape index (κ3) is 2.36. The Morgan fingerprint density at radius 3 is 2.12 bits per heavy atom. The summed E-state index contributed by atoms with van der Waals surface area (Å²) in [6.45, 7) is 5.16. The topological polar surface area (TPSA) is 86.3 Å². The van der Waals surface area contributed by atoms with Crippen molar-refractivity contribution in [3.05, 3.63) is 42.4 Å². The van der Waals surface area contributed by atoms with E-state index in [4.69, 9.17) is 11.6 Å². The Kier molecular flexibility index (Phi) is 3.67. The molecule has 0 heterocycles. The fourth-order valence-corrected chi connectivity index (χ4v) is 2.03. The number of benzene rings is 1. The third-order valence-corrected chi connectivity index (χ3v) is 2.89. The molecule has 0 unspecified atom stereocenters. The van der Waals surface area contributed by atoms with Gasteiger partial charge in [-0.1, -0.05) is 25.4 Å². The van der Waals surface area contributed by atoms with Crippen LogP contribution in [0.15, 0.2) is 6.07 Å². The molecule has 0 aliphatic heterocycles. The molecular weight excluding hydrogens is 248 g/mol. The molecule has 0 saturated carbocycles. The molecule has 0 atom stereocenters. The van der Waals surface area contributed by atoms with Gasteiger partial charge in [0.1, 0.15) is 0 Å². The number of rotatable bonds is 3. The number of hydrogen-bond acceptors (Lipinski definition) is 4. The lowest BCUT2D eigenvalue weighted by atomic mass is 9.96. The normalized spacial score (nSPS) is 10.6. The Morgan fingerprint density at radius 1 is 1.24 bits per heavy atom. The monoisotopic (exact) mass is 258 g/mol. The first kappa shape index (κ1) is 13.4. The lowest BCUT2D eigenvalue weighted by Crippen LogP contribution is -2.02. The summed E-state index contributed by atoms with van der Waals surface area (Å²) < 4.78 is 0. The van der Waals surface area contributed by atoms with E-state index in [1.807, 2.05) is 13.8 Å². The van der Waals surface area contributed by atoms with Gasteiger partial charge < -0.3 is 0 Å². The summed E-state index contributed by atoms with van der Waals surface area (Å²) in [6, 6.07) is 1.30. The Morgan fingerprint density at radius 2 is 1.76 bits per heavy atom. The maximum atomic E-state index is 10.9. The molecule has 1 aromatic rings. The summed E-state index contributed by atoms with van der Waals surface area (Å²) in [5, 5.41) is 21.3. The number of nitrogens with zero attached hydrogens (tertiary/aromatic N) is 2. The van der Waals surface area contributed by atoms with Crippen LogP contribution in [0, 0.1) is 27.2 Å². The molecule has 1 aromatic carbocycles. The number of halogens is 1. The minimum Gasteiger partial charge on any atom is -0.258 e. The molecule has 0 N–H and O–H groups in total. The average Bonchev–Trinajstić information content (AvgIpc) is 2.15. The second kappa shape index (κ2) is 4.67. The lowest BCUT2D eigenvalue weighted by molar-refractivity contribution is -0.394. The molecule has 0 aliphatic rings. The quantitative estimate of drug-likeness (QED) is 0.612. The smallest absolute Gasteiger partial charge is 0.258 e. The Bertz CT molecular complexity index is 500. The predicted octanol–water partition coefficient (Wildman–Crippen LogP) is 3.59. The first-order valence-corrected chi connectivity index (χ1v) is 5.27. The van der Waals surface area contributed by atoms with E-state index in [0.717, 1.165) is 0 Å². The van der Waals surface area contributed by atoms with Crippen LogP contribution in [-0.4, -0.2) is 9.85 Å². The highest BCUT2D eigenvalue weighted by atomic mass is 35.5. The summed E-state index contributed by atoms with van der Waals surface area (Å²) in [5.74, 6) is -0.0512. The summed E-state index contributed by atoms with van der Waals surface area (Å²) in [6.07, 6.45) is 0. The molecule has 0 saturated heterocycles. The van der Waals surface area contributed by atoms with Gasteiger partial charge in [-0.3, -0.25) is 20.2 Å². The van der Waals surface area contributed by atoms with Gasteiger partial charge in [0.05, 0.1) is 9.85 Å². The zero-order chi connectivity index (χ0) is 13.3. The second-order valence-corrected chi connectivity index (χ2v) is 4.32. The van der Waals surface area contributed by atoms with Gasteiger partial charge in [0.2, 0.25) is 0 Å². The highest BCUT2D eigenvalue weighted by molar-refractivity contribution is 6.35. The fourth-order valence-electron chi connectivity index (χ4n) is 1.69. The molecule has 7 heteroatoms. The first-order chi connectivity index (χ1) is 7.77. The van der Waals surface area contributed by atoms with Gasteiger partial charge in [-0.15, -0.1) is 0 Å².